The minimum absolute atomic E-state index is 0.390. The lowest BCUT2D eigenvalue weighted by Gasteiger charge is -2.53. The Morgan fingerprint density at radius 1 is 0.543 bits per heavy atom. The molecule has 0 unspecified atom stereocenters. The highest BCUT2D eigenvalue weighted by Crippen LogP contribution is 2.43. The second-order valence-electron chi connectivity index (χ2n) is 14.2. The monoisotopic (exact) mass is 656 g/mol. The first-order chi connectivity index (χ1) is 21.9. The van der Waals surface area contributed by atoms with Gasteiger partial charge in [0.1, 0.15) is 24.4 Å². The number of ether oxygens (including phenoxy) is 1. The van der Waals surface area contributed by atoms with Gasteiger partial charge in [-0.3, -0.25) is 0 Å². The fourth-order valence-electron chi connectivity index (χ4n) is 7.12. The van der Waals surface area contributed by atoms with E-state index in [1.54, 1.807) is 0 Å². The minimum atomic E-state index is -3.24. The SMILES string of the molecule is CC(C)(C)[Si](O[C@@H]1[C@@H](O)[C@H](O)O[C@H](CO)[C@H]1O[Si](c1ccccc1)(c1ccccc1)C(C)(C)C)(c1ccccc1)c1ccccc1. The highest BCUT2D eigenvalue weighted by molar-refractivity contribution is 7.00. The van der Waals surface area contributed by atoms with Gasteiger partial charge in [0.15, 0.2) is 6.29 Å². The summed E-state index contributed by atoms with van der Waals surface area (Å²) in [5.74, 6) is 0. The van der Waals surface area contributed by atoms with Gasteiger partial charge in [-0.15, -0.1) is 0 Å². The van der Waals surface area contributed by atoms with Crippen molar-refractivity contribution < 1.29 is 28.9 Å². The van der Waals surface area contributed by atoms with Crippen molar-refractivity contribution in [2.75, 3.05) is 6.61 Å². The van der Waals surface area contributed by atoms with Crippen LogP contribution in [0, 0.1) is 0 Å². The Balaban J connectivity index is 1.76. The summed E-state index contributed by atoms with van der Waals surface area (Å²) >= 11 is 0. The van der Waals surface area contributed by atoms with Crippen LogP contribution in [0.15, 0.2) is 121 Å². The van der Waals surface area contributed by atoms with E-state index >= 15 is 0 Å². The first-order valence-corrected chi connectivity index (χ1v) is 19.9. The molecule has 1 heterocycles. The summed E-state index contributed by atoms with van der Waals surface area (Å²) in [5, 5.41) is 37.1. The van der Waals surface area contributed by atoms with Gasteiger partial charge in [0, 0.05) is 0 Å². The molecule has 6 nitrogen and oxygen atoms in total. The van der Waals surface area contributed by atoms with Crippen molar-refractivity contribution in [2.24, 2.45) is 0 Å². The molecule has 5 atom stereocenters. The zero-order valence-electron chi connectivity index (χ0n) is 27.7. The highest BCUT2D eigenvalue weighted by Gasteiger charge is 2.59. The summed E-state index contributed by atoms with van der Waals surface area (Å²) in [7, 11) is -6.46. The quantitative estimate of drug-likeness (QED) is 0.237. The maximum atomic E-state index is 11.9. The standard InChI is InChI=1S/C38H48O6Si2/c1-37(2,3)45(28-19-11-7-12-20-28,29-21-13-8-14-22-29)43-34-32(27-39)42-36(41)33(40)35(34)44-46(38(4,5)6,30-23-15-9-16-24-30)31-25-17-10-18-26-31/h7-26,32-36,39-41H,27H2,1-6H3/t32-,33-,34-,35-,36-/m1/s1. The van der Waals surface area contributed by atoms with E-state index in [2.05, 4.69) is 90.1 Å². The molecule has 1 aliphatic rings. The smallest absolute Gasteiger partial charge is 0.261 e. The molecule has 0 saturated carbocycles. The molecule has 1 aliphatic heterocycles. The third-order valence-corrected chi connectivity index (χ3v) is 19.3. The molecule has 46 heavy (non-hydrogen) atoms. The van der Waals surface area contributed by atoms with Gasteiger partial charge in [-0.2, -0.15) is 0 Å². The predicted molar refractivity (Wildman–Crippen MR) is 189 cm³/mol. The molecule has 0 bridgehead atoms. The lowest BCUT2D eigenvalue weighted by Crippen LogP contribution is -2.75. The van der Waals surface area contributed by atoms with Crippen molar-refractivity contribution in [1.29, 1.82) is 0 Å². The van der Waals surface area contributed by atoms with Crippen molar-refractivity contribution in [3.8, 4) is 0 Å². The third-order valence-electron chi connectivity index (χ3n) is 9.27. The number of hydrogen-bond acceptors (Lipinski definition) is 6. The zero-order chi connectivity index (χ0) is 33.2. The molecule has 0 spiro atoms. The van der Waals surface area contributed by atoms with Crippen LogP contribution in [0.4, 0.5) is 0 Å². The summed E-state index contributed by atoms with van der Waals surface area (Å²) in [6, 6.07) is 40.9. The fraction of sp³-hybridized carbons (Fsp3) is 0.368. The summed E-state index contributed by atoms with van der Waals surface area (Å²) in [6.45, 7) is 12.6. The molecule has 4 aromatic rings. The second kappa shape index (κ2) is 13.7. The molecule has 0 radical (unpaired) electrons. The summed E-state index contributed by atoms with van der Waals surface area (Å²) in [4.78, 5) is 0. The van der Waals surface area contributed by atoms with E-state index in [0.29, 0.717) is 0 Å². The Morgan fingerprint density at radius 2 is 0.848 bits per heavy atom. The molecule has 8 heteroatoms. The third kappa shape index (κ3) is 6.21. The van der Waals surface area contributed by atoms with Crippen molar-refractivity contribution in [3.63, 3.8) is 0 Å². The van der Waals surface area contributed by atoms with Crippen LogP contribution in [0.25, 0.3) is 0 Å². The Morgan fingerprint density at radius 3 is 1.13 bits per heavy atom. The van der Waals surface area contributed by atoms with E-state index in [1.807, 2.05) is 72.8 Å². The molecule has 5 rings (SSSR count). The fourth-order valence-corrected chi connectivity index (χ4v) is 16.5. The average molecular weight is 657 g/mol. The first kappa shape index (κ1) is 34.4. The lowest BCUT2D eigenvalue weighted by molar-refractivity contribution is -0.280. The van der Waals surface area contributed by atoms with E-state index in [0.717, 1.165) is 20.7 Å². The molecule has 1 saturated heterocycles. The molecule has 1 fully saturated rings. The van der Waals surface area contributed by atoms with Crippen molar-refractivity contribution in [3.05, 3.63) is 121 Å². The molecule has 0 aromatic heterocycles. The van der Waals surface area contributed by atoms with Gasteiger partial charge in [-0.25, -0.2) is 0 Å². The van der Waals surface area contributed by atoms with Gasteiger partial charge in [-0.05, 0) is 30.8 Å². The Bertz CT molecular complexity index is 1340. The van der Waals surface area contributed by atoms with Gasteiger partial charge >= 0.3 is 0 Å². The normalized spacial score (nSPS) is 22.8. The van der Waals surface area contributed by atoms with Crippen molar-refractivity contribution in [1.82, 2.24) is 0 Å². The summed E-state index contributed by atoms with van der Waals surface area (Å²) in [6.07, 6.45) is -5.92. The van der Waals surface area contributed by atoms with Crippen LogP contribution in [-0.2, 0) is 13.6 Å². The average Bonchev–Trinajstić information content (AvgIpc) is 3.05. The molecule has 244 valence electrons. The predicted octanol–water partition coefficient (Wildman–Crippen LogP) is 3.95. The van der Waals surface area contributed by atoms with E-state index < -0.39 is 64.0 Å². The van der Waals surface area contributed by atoms with Gasteiger partial charge < -0.3 is 28.9 Å². The Hall–Kier alpha value is -2.93. The minimum Gasteiger partial charge on any atom is -0.399 e. The van der Waals surface area contributed by atoms with Crippen LogP contribution in [0.1, 0.15) is 41.5 Å². The summed E-state index contributed by atoms with van der Waals surface area (Å²) < 4.78 is 21.0. The number of rotatable bonds is 9. The van der Waals surface area contributed by atoms with Crippen LogP contribution < -0.4 is 20.7 Å². The largest absolute Gasteiger partial charge is 0.399 e. The van der Waals surface area contributed by atoms with Crippen LogP contribution >= 0.6 is 0 Å². The molecule has 3 N–H and O–H groups in total. The highest BCUT2D eigenvalue weighted by atomic mass is 28.4. The van der Waals surface area contributed by atoms with Crippen LogP contribution in [0.5, 0.6) is 0 Å². The van der Waals surface area contributed by atoms with Gasteiger partial charge in [-0.1, -0.05) is 163 Å². The molecular formula is C38H48O6Si2. The topological polar surface area (TPSA) is 88.4 Å². The van der Waals surface area contributed by atoms with E-state index in [9.17, 15) is 15.3 Å². The van der Waals surface area contributed by atoms with E-state index in [1.165, 1.54) is 0 Å². The zero-order valence-corrected chi connectivity index (χ0v) is 29.7. The van der Waals surface area contributed by atoms with Gasteiger partial charge in [0.05, 0.1) is 6.61 Å². The molecular weight excluding hydrogens is 609 g/mol. The molecule has 4 aromatic carbocycles. The Labute approximate surface area is 275 Å². The number of hydrogen-bond donors (Lipinski definition) is 3. The first-order valence-electron chi connectivity index (χ1n) is 16.1. The van der Waals surface area contributed by atoms with Crippen LogP contribution in [-0.4, -0.2) is 69.3 Å². The van der Waals surface area contributed by atoms with Crippen molar-refractivity contribution >= 4 is 37.4 Å². The maximum Gasteiger partial charge on any atom is 0.261 e. The maximum absolute atomic E-state index is 11.9. The number of benzene rings is 4. The number of aliphatic hydroxyl groups is 3. The van der Waals surface area contributed by atoms with Crippen LogP contribution in [0.2, 0.25) is 10.1 Å². The second-order valence-corrected chi connectivity index (χ2v) is 22.7. The summed E-state index contributed by atoms with van der Waals surface area (Å²) in [5.41, 5.74) is 0. The number of aliphatic hydroxyl groups excluding tert-OH is 3. The Kier molecular flexibility index (Phi) is 10.2. The molecule has 0 amide bonds. The molecule has 0 aliphatic carbocycles. The van der Waals surface area contributed by atoms with Gasteiger partial charge in [0.25, 0.3) is 16.6 Å². The van der Waals surface area contributed by atoms with E-state index in [4.69, 9.17) is 13.6 Å². The van der Waals surface area contributed by atoms with E-state index in [-0.39, 0.29) is 0 Å². The van der Waals surface area contributed by atoms with Crippen LogP contribution in [0.3, 0.4) is 0 Å². The van der Waals surface area contributed by atoms with Gasteiger partial charge in [0.2, 0.25) is 0 Å². The van der Waals surface area contributed by atoms with Crippen molar-refractivity contribution in [2.45, 2.75) is 82.3 Å². The lowest BCUT2D eigenvalue weighted by atomic mass is 9.99.